The zero-order valence-corrected chi connectivity index (χ0v) is 12.9. The van der Waals surface area contributed by atoms with Gasteiger partial charge in [-0.2, -0.15) is 0 Å². The topological polar surface area (TPSA) is 69.6 Å². The Hall–Kier alpha value is -1.26. The third-order valence-corrected chi connectivity index (χ3v) is 3.65. The number of rotatable bonds is 9. The Labute approximate surface area is 121 Å². The van der Waals surface area contributed by atoms with Crippen LogP contribution in [0.5, 0.6) is 0 Å². The minimum absolute atomic E-state index is 0.0103. The van der Waals surface area contributed by atoms with Crippen LogP contribution in [-0.4, -0.2) is 41.6 Å². The Kier molecular flexibility index (Phi) is 6.82. The molecule has 0 aromatic carbocycles. The second-order valence-corrected chi connectivity index (χ2v) is 6.26. The molecule has 5 nitrogen and oxygen atoms in total. The highest BCUT2D eigenvalue weighted by Crippen LogP contribution is 2.29. The summed E-state index contributed by atoms with van der Waals surface area (Å²) in [5.41, 5.74) is 0. The van der Waals surface area contributed by atoms with E-state index in [1.807, 2.05) is 11.8 Å². The van der Waals surface area contributed by atoms with Gasteiger partial charge in [-0.1, -0.05) is 13.8 Å². The second-order valence-electron chi connectivity index (χ2n) is 6.26. The standard InChI is InChI=1S/C15H28N2O3/c1-4-17(10-12-5-6-12)15(20)16-9-13(7-11(2)3)8-14(18)19/h11-13H,4-10H2,1-3H3,(H,16,20)(H,18,19). The van der Waals surface area contributed by atoms with Crippen LogP contribution in [0.25, 0.3) is 0 Å². The minimum atomic E-state index is -0.796. The van der Waals surface area contributed by atoms with Crippen LogP contribution in [0.3, 0.4) is 0 Å². The average Bonchev–Trinajstić information content (AvgIpc) is 3.15. The van der Waals surface area contributed by atoms with E-state index in [0.29, 0.717) is 24.9 Å². The van der Waals surface area contributed by atoms with Crippen molar-refractivity contribution in [1.29, 1.82) is 0 Å². The third-order valence-electron chi connectivity index (χ3n) is 3.65. The van der Waals surface area contributed by atoms with Gasteiger partial charge in [0.25, 0.3) is 0 Å². The van der Waals surface area contributed by atoms with E-state index in [0.717, 1.165) is 13.0 Å². The van der Waals surface area contributed by atoms with E-state index < -0.39 is 5.97 Å². The van der Waals surface area contributed by atoms with Crippen molar-refractivity contribution in [3.05, 3.63) is 0 Å². The molecule has 1 aliphatic rings. The molecule has 116 valence electrons. The van der Waals surface area contributed by atoms with Gasteiger partial charge in [0, 0.05) is 26.1 Å². The zero-order valence-electron chi connectivity index (χ0n) is 12.9. The zero-order chi connectivity index (χ0) is 15.1. The fraction of sp³-hybridized carbons (Fsp3) is 0.867. The third kappa shape index (κ3) is 6.78. The number of carboxylic acid groups (broad SMARTS) is 1. The van der Waals surface area contributed by atoms with Gasteiger partial charge in [-0.3, -0.25) is 4.79 Å². The monoisotopic (exact) mass is 284 g/mol. The Balaban J connectivity index is 2.38. The van der Waals surface area contributed by atoms with Crippen LogP contribution in [0.4, 0.5) is 4.79 Å². The smallest absolute Gasteiger partial charge is 0.317 e. The van der Waals surface area contributed by atoms with Crippen LogP contribution in [0.15, 0.2) is 0 Å². The number of hydrogen-bond donors (Lipinski definition) is 2. The van der Waals surface area contributed by atoms with Gasteiger partial charge in [0.05, 0.1) is 0 Å². The van der Waals surface area contributed by atoms with Crippen molar-refractivity contribution >= 4 is 12.0 Å². The van der Waals surface area contributed by atoms with Crippen molar-refractivity contribution in [2.45, 2.75) is 46.5 Å². The van der Waals surface area contributed by atoms with Gasteiger partial charge in [0.15, 0.2) is 0 Å². The first-order chi connectivity index (χ1) is 9.42. The van der Waals surface area contributed by atoms with Gasteiger partial charge in [0.1, 0.15) is 0 Å². The first kappa shape index (κ1) is 16.8. The molecule has 2 N–H and O–H groups in total. The van der Waals surface area contributed by atoms with Gasteiger partial charge < -0.3 is 15.3 Å². The molecule has 1 saturated carbocycles. The molecule has 0 saturated heterocycles. The lowest BCUT2D eigenvalue weighted by Gasteiger charge is -2.24. The Morgan fingerprint density at radius 1 is 1.35 bits per heavy atom. The van der Waals surface area contributed by atoms with E-state index in [1.54, 1.807) is 0 Å². The largest absolute Gasteiger partial charge is 0.481 e. The summed E-state index contributed by atoms with van der Waals surface area (Å²) in [5, 5.41) is 11.8. The van der Waals surface area contributed by atoms with Crippen molar-refractivity contribution in [1.82, 2.24) is 10.2 Å². The van der Waals surface area contributed by atoms with Crippen LogP contribution < -0.4 is 5.32 Å². The highest BCUT2D eigenvalue weighted by molar-refractivity contribution is 5.74. The van der Waals surface area contributed by atoms with Crippen LogP contribution in [0.1, 0.15) is 46.5 Å². The van der Waals surface area contributed by atoms with Crippen molar-refractivity contribution in [3.8, 4) is 0 Å². The van der Waals surface area contributed by atoms with Crippen molar-refractivity contribution < 1.29 is 14.7 Å². The molecule has 0 radical (unpaired) electrons. The highest BCUT2D eigenvalue weighted by Gasteiger charge is 2.26. The summed E-state index contributed by atoms with van der Waals surface area (Å²) in [6.45, 7) is 8.10. The van der Waals surface area contributed by atoms with Gasteiger partial charge in [0.2, 0.25) is 0 Å². The first-order valence-corrected chi connectivity index (χ1v) is 7.66. The number of carbonyl (C=O) groups is 2. The van der Waals surface area contributed by atoms with Crippen LogP contribution >= 0.6 is 0 Å². The van der Waals surface area contributed by atoms with E-state index in [9.17, 15) is 9.59 Å². The predicted octanol–water partition coefficient (Wildman–Crippen LogP) is 2.56. The van der Waals surface area contributed by atoms with Crippen molar-refractivity contribution in [3.63, 3.8) is 0 Å². The number of nitrogens with one attached hydrogen (secondary N) is 1. The molecule has 0 spiro atoms. The van der Waals surface area contributed by atoms with Crippen LogP contribution in [0.2, 0.25) is 0 Å². The molecule has 0 aromatic heterocycles. The minimum Gasteiger partial charge on any atom is -0.481 e. The Morgan fingerprint density at radius 3 is 2.45 bits per heavy atom. The van der Waals surface area contributed by atoms with E-state index in [1.165, 1.54) is 12.8 Å². The van der Waals surface area contributed by atoms with Gasteiger partial charge in [-0.05, 0) is 43.9 Å². The molecular weight excluding hydrogens is 256 g/mol. The summed E-state index contributed by atoms with van der Waals surface area (Å²) in [4.78, 5) is 24.8. The quantitative estimate of drug-likeness (QED) is 0.683. The molecule has 20 heavy (non-hydrogen) atoms. The molecule has 1 unspecified atom stereocenters. The van der Waals surface area contributed by atoms with Crippen LogP contribution in [-0.2, 0) is 4.79 Å². The maximum absolute atomic E-state index is 12.1. The lowest BCUT2D eigenvalue weighted by Crippen LogP contribution is -2.43. The lowest BCUT2D eigenvalue weighted by atomic mass is 9.94. The van der Waals surface area contributed by atoms with Crippen molar-refractivity contribution in [2.75, 3.05) is 19.6 Å². The number of carboxylic acids is 1. The van der Waals surface area contributed by atoms with E-state index in [-0.39, 0.29) is 18.4 Å². The number of amides is 2. The summed E-state index contributed by atoms with van der Waals surface area (Å²) >= 11 is 0. The molecule has 5 heteroatoms. The first-order valence-electron chi connectivity index (χ1n) is 7.66. The van der Waals surface area contributed by atoms with Gasteiger partial charge in [-0.15, -0.1) is 0 Å². The molecule has 0 aromatic rings. The van der Waals surface area contributed by atoms with E-state index in [4.69, 9.17) is 5.11 Å². The summed E-state index contributed by atoms with van der Waals surface area (Å²) in [7, 11) is 0. The van der Waals surface area contributed by atoms with Gasteiger partial charge >= 0.3 is 12.0 Å². The fourth-order valence-electron chi connectivity index (χ4n) is 2.46. The number of aliphatic carboxylic acids is 1. The molecule has 1 fully saturated rings. The normalized spacial score (nSPS) is 16.0. The summed E-state index contributed by atoms with van der Waals surface area (Å²) in [5.74, 6) is 0.322. The summed E-state index contributed by atoms with van der Waals surface area (Å²) in [6.07, 6.45) is 3.38. The molecule has 0 heterocycles. The van der Waals surface area contributed by atoms with Gasteiger partial charge in [-0.25, -0.2) is 4.79 Å². The number of hydrogen-bond acceptors (Lipinski definition) is 2. The summed E-state index contributed by atoms with van der Waals surface area (Å²) < 4.78 is 0. The summed E-state index contributed by atoms with van der Waals surface area (Å²) in [6, 6.07) is -0.0569. The maximum Gasteiger partial charge on any atom is 0.317 e. The Bertz CT molecular complexity index is 327. The molecular formula is C15H28N2O3. The maximum atomic E-state index is 12.1. The fourth-order valence-corrected chi connectivity index (χ4v) is 2.46. The number of urea groups is 1. The van der Waals surface area contributed by atoms with Crippen LogP contribution in [0, 0.1) is 17.8 Å². The SMILES string of the molecule is CCN(CC1CC1)C(=O)NCC(CC(=O)O)CC(C)C. The molecule has 0 bridgehead atoms. The van der Waals surface area contributed by atoms with E-state index >= 15 is 0 Å². The lowest BCUT2D eigenvalue weighted by molar-refractivity contribution is -0.138. The van der Waals surface area contributed by atoms with E-state index in [2.05, 4.69) is 19.2 Å². The van der Waals surface area contributed by atoms with Crippen molar-refractivity contribution in [2.24, 2.45) is 17.8 Å². The predicted molar refractivity (Wildman–Crippen MR) is 78.6 cm³/mol. The highest BCUT2D eigenvalue weighted by atomic mass is 16.4. The molecule has 0 aliphatic heterocycles. The average molecular weight is 284 g/mol. The molecule has 1 rings (SSSR count). The molecule has 1 aliphatic carbocycles. The number of carbonyl (C=O) groups excluding carboxylic acids is 1. The molecule has 2 amide bonds. The molecule has 1 atom stereocenters. The number of nitrogens with zero attached hydrogens (tertiary/aromatic N) is 1. The Morgan fingerprint density at radius 2 is 2.00 bits per heavy atom. The second kappa shape index (κ2) is 8.12.